The first-order chi connectivity index (χ1) is 11.0. The molecule has 0 aliphatic carbocycles. The van der Waals surface area contributed by atoms with Crippen LogP contribution in [0.15, 0.2) is 24.3 Å². The van der Waals surface area contributed by atoms with Crippen molar-refractivity contribution in [3.05, 3.63) is 35.4 Å². The van der Waals surface area contributed by atoms with E-state index in [1.807, 2.05) is 55.1 Å². The quantitative estimate of drug-likeness (QED) is 0.869. The minimum atomic E-state index is -0.335. The van der Waals surface area contributed by atoms with Crippen molar-refractivity contribution in [3.8, 4) is 0 Å². The first-order valence-electron chi connectivity index (χ1n) is 8.28. The van der Waals surface area contributed by atoms with E-state index < -0.39 is 0 Å². The zero-order valence-electron chi connectivity index (χ0n) is 14.3. The fourth-order valence-electron chi connectivity index (χ4n) is 3.06. The smallest absolute Gasteiger partial charge is 0.241 e. The van der Waals surface area contributed by atoms with Gasteiger partial charge in [0.1, 0.15) is 6.04 Å². The normalized spacial score (nSPS) is 15.7. The number of benzene rings is 1. The molecule has 0 bridgehead atoms. The molecule has 0 spiro atoms. The summed E-state index contributed by atoms with van der Waals surface area (Å²) in [6.45, 7) is 4.12. The number of carbonyl (C=O) groups excluding carboxylic acids is 2. The highest BCUT2D eigenvalue weighted by molar-refractivity contribution is 5.84. The van der Waals surface area contributed by atoms with Crippen molar-refractivity contribution in [1.82, 2.24) is 15.1 Å². The molecular formula is C18H27N3O2. The number of aryl methyl sites for hydroxylation is 1. The highest BCUT2D eigenvalue weighted by atomic mass is 16.2. The molecule has 0 radical (unpaired) electrons. The van der Waals surface area contributed by atoms with Gasteiger partial charge < -0.3 is 10.2 Å². The lowest BCUT2D eigenvalue weighted by molar-refractivity contribution is -0.130. The Morgan fingerprint density at radius 3 is 2.48 bits per heavy atom. The topological polar surface area (TPSA) is 52.7 Å². The van der Waals surface area contributed by atoms with Crippen molar-refractivity contribution in [2.75, 3.05) is 33.7 Å². The van der Waals surface area contributed by atoms with Crippen molar-refractivity contribution in [1.29, 1.82) is 0 Å². The molecule has 1 unspecified atom stereocenters. The summed E-state index contributed by atoms with van der Waals surface area (Å²) in [7, 11) is 3.79. The number of hydrogen-bond donors (Lipinski definition) is 1. The molecule has 1 N–H and O–H groups in total. The molecule has 23 heavy (non-hydrogen) atoms. The number of nitrogens with zero attached hydrogens (tertiary/aromatic N) is 2. The van der Waals surface area contributed by atoms with E-state index >= 15 is 0 Å². The molecule has 5 nitrogen and oxygen atoms in total. The van der Waals surface area contributed by atoms with Crippen LogP contribution < -0.4 is 5.32 Å². The lowest BCUT2D eigenvalue weighted by Gasteiger charge is -2.25. The molecule has 1 aliphatic heterocycles. The Kier molecular flexibility index (Phi) is 6.16. The Labute approximate surface area is 138 Å². The van der Waals surface area contributed by atoms with Crippen LogP contribution in [0, 0.1) is 6.92 Å². The molecule has 2 rings (SSSR count). The zero-order valence-corrected chi connectivity index (χ0v) is 14.3. The number of rotatable bonds is 6. The second-order valence-corrected chi connectivity index (χ2v) is 6.35. The largest absolute Gasteiger partial charge is 0.354 e. The van der Waals surface area contributed by atoms with Gasteiger partial charge in [0.05, 0.1) is 0 Å². The predicted octanol–water partition coefficient (Wildman–Crippen LogP) is 1.73. The zero-order chi connectivity index (χ0) is 16.8. The van der Waals surface area contributed by atoms with Gasteiger partial charge >= 0.3 is 0 Å². The van der Waals surface area contributed by atoms with Crippen LogP contribution in [0.1, 0.15) is 36.4 Å². The van der Waals surface area contributed by atoms with Crippen molar-refractivity contribution in [2.24, 2.45) is 0 Å². The van der Waals surface area contributed by atoms with Crippen molar-refractivity contribution in [2.45, 2.75) is 32.2 Å². The fourth-order valence-corrected chi connectivity index (χ4v) is 3.06. The summed E-state index contributed by atoms with van der Waals surface area (Å²) in [6.07, 6.45) is 2.56. The maximum atomic E-state index is 12.6. The first-order valence-corrected chi connectivity index (χ1v) is 8.28. The number of hydrogen-bond acceptors (Lipinski definition) is 3. The van der Waals surface area contributed by atoms with Gasteiger partial charge in [-0.1, -0.05) is 24.3 Å². The number of likely N-dealkylation sites (N-methyl/N-ethyl adjacent to an activating group) is 1. The van der Waals surface area contributed by atoms with Gasteiger partial charge in [-0.25, -0.2) is 0 Å². The van der Waals surface area contributed by atoms with Crippen molar-refractivity contribution >= 4 is 11.8 Å². The Hall–Kier alpha value is -1.88. The van der Waals surface area contributed by atoms with Gasteiger partial charge in [0.25, 0.3) is 0 Å². The number of amides is 2. The molecule has 1 aliphatic rings. The summed E-state index contributed by atoms with van der Waals surface area (Å²) < 4.78 is 0. The molecular weight excluding hydrogens is 290 g/mol. The molecule has 1 heterocycles. The van der Waals surface area contributed by atoms with Gasteiger partial charge in [-0.05, 0) is 45.0 Å². The summed E-state index contributed by atoms with van der Waals surface area (Å²) in [4.78, 5) is 28.4. The van der Waals surface area contributed by atoms with Crippen molar-refractivity contribution in [3.63, 3.8) is 0 Å². The van der Waals surface area contributed by atoms with Gasteiger partial charge in [-0.15, -0.1) is 0 Å². The standard InChI is InChI=1S/C18H27N3O2/c1-14-8-4-5-9-15(14)17(20(2)3)18(23)19-11-10-16(22)21-12-6-7-13-21/h4-5,8-9,17H,6-7,10-13H2,1-3H3,(H,19,23). The van der Waals surface area contributed by atoms with E-state index in [9.17, 15) is 9.59 Å². The van der Waals surface area contributed by atoms with E-state index in [0.29, 0.717) is 13.0 Å². The lowest BCUT2D eigenvalue weighted by Crippen LogP contribution is -2.39. The number of likely N-dealkylation sites (tertiary alicyclic amines) is 1. The van der Waals surface area contributed by atoms with E-state index in [4.69, 9.17) is 0 Å². The summed E-state index contributed by atoms with van der Waals surface area (Å²) >= 11 is 0. The van der Waals surface area contributed by atoms with Gasteiger partial charge in [0.2, 0.25) is 11.8 Å². The summed E-state index contributed by atoms with van der Waals surface area (Å²) in [5.41, 5.74) is 2.09. The third-order valence-electron chi connectivity index (χ3n) is 4.34. The highest BCUT2D eigenvalue weighted by Crippen LogP contribution is 2.21. The molecule has 0 aromatic heterocycles. The SMILES string of the molecule is Cc1ccccc1C(C(=O)NCCC(=O)N1CCCC1)N(C)C. The monoisotopic (exact) mass is 317 g/mol. The fraction of sp³-hybridized carbons (Fsp3) is 0.556. The van der Waals surface area contributed by atoms with Crippen LogP contribution in [0.4, 0.5) is 0 Å². The van der Waals surface area contributed by atoms with Crippen LogP contribution in [-0.2, 0) is 9.59 Å². The van der Waals surface area contributed by atoms with Crippen LogP contribution in [0.2, 0.25) is 0 Å². The Bertz CT molecular complexity index is 551. The summed E-state index contributed by atoms with van der Waals surface area (Å²) in [5.74, 6) is 0.0821. The van der Waals surface area contributed by atoms with E-state index in [2.05, 4.69) is 5.32 Å². The van der Waals surface area contributed by atoms with Gasteiger partial charge in [0, 0.05) is 26.1 Å². The minimum Gasteiger partial charge on any atom is -0.354 e. The number of carbonyl (C=O) groups is 2. The molecule has 126 valence electrons. The second-order valence-electron chi connectivity index (χ2n) is 6.35. The van der Waals surface area contributed by atoms with E-state index in [1.54, 1.807) is 0 Å². The molecule has 2 amide bonds. The first kappa shape index (κ1) is 17.5. The molecule has 1 atom stereocenters. The van der Waals surface area contributed by atoms with Crippen LogP contribution in [0.5, 0.6) is 0 Å². The maximum absolute atomic E-state index is 12.6. The molecule has 1 saturated heterocycles. The van der Waals surface area contributed by atoms with E-state index in [1.165, 1.54) is 0 Å². The third-order valence-corrected chi connectivity index (χ3v) is 4.34. The average Bonchev–Trinajstić information content (AvgIpc) is 3.03. The van der Waals surface area contributed by atoms with E-state index in [-0.39, 0.29) is 17.9 Å². The van der Waals surface area contributed by atoms with Gasteiger partial charge in [0.15, 0.2) is 0 Å². The Morgan fingerprint density at radius 2 is 1.87 bits per heavy atom. The molecule has 1 aromatic carbocycles. The van der Waals surface area contributed by atoms with Crippen LogP contribution in [0.25, 0.3) is 0 Å². The minimum absolute atomic E-state index is 0.0569. The van der Waals surface area contributed by atoms with Crippen LogP contribution >= 0.6 is 0 Å². The third kappa shape index (κ3) is 4.55. The number of nitrogens with one attached hydrogen (secondary N) is 1. The predicted molar refractivity (Wildman–Crippen MR) is 91.0 cm³/mol. The highest BCUT2D eigenvalue weighted by Gasteiger charge is 2.24. The summed E-state index contributed by atoms with van der Waals surface area (Å²) in [6, 6.07) is 7.57. The van der Waals surface area contributed by atoms with Gasteiger partial charge in [-0.2, -0.15) is 0 Å². The van der Waals surface area contributed by atoms with E-state index in [0.717, 1.165) is 37.1 Å². The average molecular weight is 317 g/mol. The van der Waals surface area contributed by atoms with Crippen LogP contribution in [0.3, 0.4) is 0 Å². The molecule has 0 saturated carbocycles. The van der Waals surface area contributed by atoms with Gasteiger partial charge in [-0.3, -0.25) is 14.5 Å². The molecule has 5 heteroatoms. The molecule has 1 aromatic rings. The Morgan fingerprint density at radius 1 is 1.22 bits per heavy atom. The Balaban J connectivity index is 1.91. The summed E-state index contributed by atoms with van der Waals surface area (Å²) in [5, 5.41) is 2.92. The lowest BCUT2D eigenvalue weighted by atomic mass is 10.00. The maximum Gasteiger partial charge on any atom is 0.241 e. The molecule has 1 fully saturated rings. The second kappa shape index (κ2) is 8.11. The van der Waals surface area contributed by atoms with Crippen LogP contribution in [-0.4, -0.2) is 55.3 Å². The van der Waals surface area contributed by atoms with Crippen molar-refractivity contribution < 1.29 is 9.59 Å².